The van der Waals surface area contributed by atoms with Crippen LogP contribution in [-0.2, 0) is 13.1 Å². The van der Waals surface area contributed by atoms with Crippen molar-refractivity contribution in [2.24, 2.45) is 0 Å². The van der Waals surface area contributed by atoms with Gasteiger partial charge >= 0.3 is 0 Å². The Morgan fingerprint density at radius 1 is 0.897 bits per heavy atom. The molecule has 0 radical (unpaired) electrons. The topological polar surface area (TPSA) is 59.8 Å². The Morgan fingerprint density at radius 2 is 1.64 bits per heavy atom. The van der Waals surface area contributed by atoms with E-state index in [1.54, 1.807) is 32.4 Å². The van der Waals surface area contributed by atoms with Crippen LogP contribution in [0.15, 0.2) is 78.9 Å². The normalized spacial score (nSPS) is 14.7. The van der Waals surface area contributed by atoms with Crippen molar-refractivity contribution >= 4 is 22.9 Å². The predicted molar refractivity (Wildman–Crippen MR) is 155 cm³/mol. The van der Waals surface area contributed by atoms with Crippen molar-refractivity contribution in [2.45, 2.75) is 19.5 Å². The van der Waals surface area contributed by atoms with E-state index in [9.17, 15) is 4.79 Å². The molecule has 1 fully saturated rings. The third-order valence-corrected chi connectivity index (χ3v) is 7.31. The van der Waals surface area contributed by atoms with Gasteiger partial charge in [0.2, 0.25) is 0 Å². The molecule has 4 aromatic rings. The van der Waals surface area contributed by atoms with Crippen molar-refractivity contribution in [3.8, 4) is 11.5 Å². The molecule has 0 saturated carbocycles. The molecule has 1 aromatic heterocycles. The lowest BCUT2D eigenvalue weighted by Crippen LogP contribution is -2.46. The molecule has 3 aromatic carbocycles. The summed E-state index contributed by atoms with van der Waals surface area (Å²) in [6.45, 7) is 6.31. The number of benzene rings is 3. The maximum absolute atomic E-state index is 13.2. The van der Waals surface area contributed by atoms with Gasteiger partial charge in [-0.3, -0.25) is 14.6 Å². The SMILES string of the molecule is COc1ccc(C(=O)CCn2c(CN3CCN(C/C=C/c4ccccc4)CC3)nc3ccccc32)c(OC)c1. The monoisotopic (exact) mass is 524 g/mol. The number of nitrogens with zero attached hydrogens (tertiary/aromatic N) is 4. The van der Waals surface area contributed by atoms with Gasteiger partial charge in [0.05, 0.1) is 37.4 Å². The van der Waals surface area contributed by atoms with Crippen LogP contribution in [0.25, 0.3) is 17.1 Å². The molecule has 0 N–H and O–H groups in total. The van der Waals surface area contributed by atoms with E-state index in [2.05, 4.69) is 56.9 Å². The fraction of sp³-hybridized carbons (Fsp3) is 0.312. The summed E-state index contributed by atoms with van der Waals surface area (Å²) in [6.07, 6.45) is 4.80. The zero-order valence-corrected chi connectivity index (χ0v) is 22.8. The number of carbonyl (C=O) groups is 1. The van der Waals surface area contributed by atoms with E-state index < -0.39 is 0 Å². The molecule has 0 spiro atoms. The van der Waals surface area contributed by atoms with Crippen LogP contribution in [0.3, 0.4) is 0 Å². The van der Waals surface area contributed by atoms with Gasteiger partial charge in [0, 0.05) is 51.8 Å². The maximum atomic E-state index is 13.2. The Hall–Kier alpha value is -3.94. The molecule has 2 heterocycles. The molecule has 202 valence electrons. The van der Waals surface area contributed by atoms with E-state index in [-0.39, 0.29) is 5.78 Å². The third-order valence-electron chi connectivity index (χ3n) is 7.31. The van der Waals surface area contributed by atoms with E-state index >= 15 is 0 Å². The summed E-state index contributed by atoms with van der Waals surface area (Å²) < 4.78 is 12.9. The Balaban J connectivity index is 1.22. The number of ketones is 1. The van der Waals surface area contributed by atoms with Crippen LogP contribution in [0.2, 0.25) is 0 Å². The number of aryl methyl sites for hydroxylation is 1. The summed E-state index contributed by atoms with van der Waals surface area (Å²) in [4.78, 5) is 23.1. The molecule has 39 heavy (non-hydrogen) atoms. The van der Waals surface area contributed by atoms with Crippen LogP contribution in [0.4, 0.5) is 0 Å². The first-order chi connectivity index (χ1) is 19.1. The summed E-state index contributed by atoms with van der Waals surface area (Å²) in [5, 5.41) is 0. The van der Waals surface area contributed by atoms with E-state index in [1.807, 2.05) is 24.3 Å². The van der Waals surface area contributed by atoms with Gasteiger partial charge in [0.1, 0.15) is 17.3 Å². The second-order valence-electron chi connectivity index (χ2n) is 9.80. The molecule has 1 saturated heterocycles. The first-order valence-electron chi connectivity index (χ1n) is 13.5. The first kappa shape index (κ1) is 26.7. The Morgan fingerprint density at radius 3 is 2.41 bits per heavy atom. The van der Waals surface area contributed by atoms with Crippen LogP contribution < -0.4 is 9.47 Å². The Labute approximate surface area is 230 Å². The van der Waals surface area contributed by atoms with Gasteiger partial charge in [-0.15, -0.1) is 0 Å². The van der Waals surface area contributed by atoms with E-state index in [0.717, 1.165) is 56.1 Å². The Kier molecular flexibility index (Phi) is 8.71. The van der Waals surface area contributed by atoms with Crippen molar-refractivity contribution in [1.82, 2.24) is 19.4 Å². The quantitative estimate of drug-likeness (QED) is 0.253. The number of rotatable bonds is 11. The number of imidazole rings is 1. The van der Waals surface area contributed by atoms with Gasteiger partial charge in [0.25, 0.3) is 0 Å². The second kappa shape index (κ2) is 12.7. The highest BCUT2D eigenvalue weighted by Gasteiger charge is 2.20. The summed E-state index contributed by atoms with van der Waals surface area (Å²) in [5.74, 6) is 2.24. The molecule has 7 heteroatoms. The molecular weight excluding hydrogens is 488 g/mol. The molecule has 0 amide bonds. The molecule has 0 aliphatic carbocycles. The van der Waals surface area contributed by atoms with Gasteiger partial charge < -0.3 is 14.0 Å². The second-order valence-corrected chi connectivity index (χ2v) is 9.80. The number of Topliss-reactive ketones (excluding diaryl/α,β-unsaturated/α-hetero) is 1. The fourth-order valence-electron chi connectivity index (χ4n) is 5.10. The average Bonchev–Trinajstić information content (AvgIpc) is 3.33. The molecule has 1 aliphatic heterocycles. The highest BCUT2D eigenvalue weighted by molar-refractivity contribution is 5.99. The van der Waals surface area contributed by atoms with Gasteiger partial charge in [0.15, 0.2) is 5.78 Å². The summed E-state index contributed by atoms with van der Waals surface area (Å²) in [7, 11) is 3.18. The minimum atomic E-state index is 0.0374. The molecule has 7 nitrogen and oxygen atoms in total. The maximum Gasteiger partial charge on any atom is 0.168 e. The predicted octanol–water partition coefficient (Wildman–Crippen LogP) is 5.16. The van der Waals surface area contributed by atoms with Crippen molar-refractivity contribution in [1.29, 1.82) is 0 Å². The summed E-state index contributed by atoms with van der Waals surface area (Å²) >= 11 is 0. The van der Waals surface area contributed by atoms with Gasteiger partial charge in [-0.2, -0.15) is 0 Å². The fourth-order valence-corrected chi connectivity index (χ4v) is 5.10. The van der Waals surface area contributed by atoms with Gasteiger partial charge in [-0.25, -0.2) is 4.98 Å². The number of fused-ring (bicyclic) bond motifs is 1. The third kappa shape index (κ3) is 6.56. The molecule has 1 aliphatic rings. The average molecular weight is 525 g/mol. The summed E-state index contributed by atoms with van der Waals surface area (Å²) in [6, 6.07) is 23.9. The minimum Gasteiger partial charge on any atom is -0.497 e. The standard InChI is InChI=1S/C32H36N4O3/c1-38-26-14-15-27(31(23-26)39-2)30(37)16-18-36-29-13-7-6-12-28(29)33-32(36)24-35-21-19-34(20-22-35)17-8-11-25-9-4-3-5-10-25/h3-15,23H,16-22,24H2,1-2H3/b11-8+. The van der Waals surface area contributed by atoms with Crippen molar-refractivity contribution < 1.29 is 14.3 Å². The zero-order valence-electron chi connectivity index (χ0n) is 22.8. The number of ether oxygens (including phenoxy) is 2. The molecule has 5 rings (SSSR count). The van der Waals surface area contributed by atoms with E-state index in [4.69, 9.17) is 14.5 Å². The van der Waals surface area contributed by atoms with Crippen molar-refractivity contribution in [3.63, 3.8) is 0 Å². The highest BCUT2D eigenvalue weighted by Crippen LogP contribution is 2.26. The van der Waals surface area contributed by atoms with E-state index in [0.29, 0.717) is 30.0 Å². The number of hydrogen-bond acceptors (Lipinski definition) is 6. The van der Waals surface area contributed by atoms with E-state index in [1.165, 1.54) is 5.56 Å². The smallest absolute Gasteiger partial charge is 0.168 e. The lowest BCUT2D eigenvalue weighted by atomic mass is 10.1. The number of hydrogen-bond donors (Lipinski definition) is 0. The number of methoxy groups -OCH3 is 2. The van der Waals surface area contributed by atoms with Crippen molar-refractivity contribution in [2.75, 3.05) is 46.9 Å². The van der Waals surface area contributed by atoms with Crippen LogP contribution >= 0.6 is 0 Å². The lowest BCUT2D eigenvalue weighted by molar-refractivity contribution is 0.0973. The lowest BCUT2D eigenvalue weighted by Gasteiger charge is -2.34. The number of aromatic nitrogens is 2. The van der Waals surface area contributed by atoms with Crippen LogP contribution in [0, 0.1) is 0 Å². The number of piperazine rings is 1. The Bertz CT molecular complexity index is 1420. The molecule has 0 bridgehead atoms. The molecule has 0 atom stereocenters. The first-order valence-corrected chi connectivity index (χ1v) is 13.5. The summed E-state index contributed by atoms with van der Waals surface area (Å²) in [5.41, 5.74) is 3.83. The van der Waals surface area contributed by atoms with Crippen LogP contribution in [0.5, 0.6) is 11.5 Å². The molecule has 0 unspecified atom stereocenters. The van der Waals surface area contributed by atoms with Crippen molar-refractivity contribution in [3.05, 3.63) is 95.8 Å². The van der Waals surface area contributed by atoms with Gasteiger partial charge in [-0.1, -0.05) is 54.6 Å². The number of carbonyl (C=O) groups excluding carboxylic acids is 1. The van der Waals surface area contributed by atoms with Crippen LogP contribution in [-0.4, -0.2) is 72.1 Å². The van der Waals surface area contributed by atoms with Gasteiger partial charge in [-0.05, 0) is 29.8 Å². The highest BCUT2D eigenvalue weighted by atomic mass is 16.5. The van der Waals surface area contributed by atoms with Crippen LogP contribution in [0.1, 0.15) is 28.2 Å². The minimum absolute atomic E-state index is 0.0374. The largest absolute Gasteiger partial charge is 0.497 e. The molecular formula is C32H36N4O3. The number of para-hydroxylation sites is 2. The zero-order chi connectivity index (χ0) is 27.0.